The van der Waals surface area contributed by atoms with Crippen molar-refractivity contribution in [2.75, 3.05) is 25.0 Å². The minimum Gasteiger partial charge on any atom is -0.356 e. The average Bonchev–Trinajstić information content (AvgIpc) is 2.78. The Labute approximate surface area is 142 Å². The first-order chi connectivity index (χ1) is 11.6. The van der Waals surface area contributed by atoms with Crippen molar-refractivity contribution in [3.05, 3.63) is 30.3 Å². The molecule has 24 heavy (non-hydrogen) atoms. The van der Waals surface area contributed by atoms with Gasteiger partial charge in [-0.05, 0) is 25.0 Å². The van der Waals surface area contributed by atoms with Crippen LogP contribution in [0, 0.1) is 0 Å². The Hall–Kier alpha value is -2.37. The van der Waals surface area contributed by atoms with Crippen LogP contribution in [0.3, 0.4) is 0 Å². The smallest absolute Gasteiger partial charge is 0.226 e. The first-order valence-electron chi connectivity index (χ1n) is 8.54. The number of likely N-dealkylation sites (tertiary alicyclic amines) is 1. The molecule has 2 rings (SSSR count). The van der Waals surface area contributed by atoms with Crippen LogP contribution in [0.15, 0.2) is 30.3 Å². The highest BCUT2D eigenvalue weighted by Gasteiger charge is 2.17. The Morgan fingerprint density at radius 3 is 2.58 bits per heavy atom. The van der Waals surface area contributed by atoms with Crippen molar-refractivity contribution in [1.29, 1.82) is 0 Å². The van der Waals surface area contributed by atoms with Gasteiger partial charge in [0, 0.05) is 44.6 Å². The first kappa shape index (κ1) is 18.0. The number of nitrogens with one attached hydrogen (secondary N) is 2. The predicted molar refractivity (Wildman–Crippen MR) is 92.4 cm³/mol. The topological polar surface area (TPSA) is 78.5 Å². The molecule has 1 fully saturated rings. The summed E-state index contributed by atoms with van der Waals surface area (Å²) < 4.78 is 0. The molecule has 1 heterocycles. The molecule has 1 aromatic rings. The maximum Gasteiger partial charge on any atom is 0.226 e. The molecule has 0 aliphatic carbocycles. The van der Waals surface area contributed by atoms with Crippen molar-refractivity contribution in [2.24, 2.45) is 0 Å². The van der Waals surface area contributed by atoms with Crippen molar-refractivity contribution < 1.29 is 14.4 Å². The summed E-state index contributed by atoms with van der Waals surface area (Å²) in [5, 5.41) is 5.50. The summed E-state index contributed by atoms with van der Waals surface area (Å²) in [6, 6.07) is 9.21. The summed E-state index contributed by atoms with van der Waals surface area (Å²) in [4.78, 5) is 37.2. The van der Waals surface area contributed by atoms with Gasteiger partial charge in [-0.2, -0.15) is 0 Å². The van der Waals surface area contributed by atoms with Crippen LogP contribution in [0.25, 0.3) is 0 Å². The number of carbonyl (C=O) groups excluding carboxylic acids is 3. The number of hydrogen-bond acceptors (Lipinski definition) is 3. The third-order valence-electron chi connectivity index (χ3n) is 4.01. The lowest BCUT2D eigenvalue weighted by Gasteiger charge is -2.20. The van der Waals surface area contributed by atoms with Gasteiger partial charge in [0.1, 0.15) is 0 Å². The van der Waals surface area contributed by atoms with Crippen LogP contribution in [0.4, 0.5) is 5.69 Å². The Balaban J connectivity index is 1.60. The van der Waals surface area contributed by atoms with E-state index >= 15 is 0 Å². The molecule has 6 nitrogen and oxygen atoms in total. The molecule has 1 aliphatic rings. The zero-order valence-electron chi connectivity index (χ0n) is 13.9. The molecule has 0 unspecified atom stereocenters. The first-order valence-corrected chi connectivity index (χ1v) is 8.54. The molecule has 0 radical (unpaired) electrons. The molecule has 0 saturated carbocycles. The SMILES string of the molecule is O=C(CCN1CCCCCC1=O)NCCC(=O)Nc1ccccc1. The van der Waals surface area contributed by atoms with Gasteiger partial charge in [0.05, 0.1) is 0 Å². The molecule has 0 bridgehead atoms. The second-order valence-electron chi connectivity index (χ2n) is 5.96. The summed E-state index contributed by atoms with van der Waals surface area (Å²) in [6.45, 7) is 1.50. The van der Waals surface area contributed by atoms with E-state index in [9.17, 15) is 14.4 Å². The Kier molecular flexibility index (Phi) is 7.26. The van der Waals surface area contributed by atoms with Crippen LogP contribution in [-0.4, -0.2) is 42.3 Å². The number of benzene rings is 1. The molecule has 0 spiro atoms. The van der Waals surface area contributed by atoms with E-state index in [-0.39, 0.29) is 30.6 Å². The summed E-state index contributed by atoms with van der Waals surface area (Å²) in [6.07, 6.45) is 4.12. The van der Waals surface area contributed by atoms with Gasteiger partial charge in [-0.25, -0.2) is 0 Å². The largest absolute Gasteiger partial charge is 0.356 e. The van der Waals surface area contributed by atoms with E-state index in [1.807, 2.05) is 30.3 Å². The van der Waals surface area contributed by atoms with Gasteiger partial charge in [0.25, 0.3) is 0 Å². The van der Waals surface area contributed by atoms with Crippen molar-refractivity contribution >= 4 is 23.4 Å². The normalized spacial score (nSPS) is 14.8. The number of amides is 3. The molecule has 2 N–H and O–H groups in total. The fourth-order valence-electron chi connectivity index (χ4n) is 2.66. The quantitative estimate of drug-likeness (QED) is 0.801. The monoisotopic (exact) mass is 331 g/mol. The van der Waals surface area contributed by atoms with Crippen LogP contribution in [-0.2, 0) is 14.4 Å². The summed E-state index contributed by atoms with van der Waals surface area (Å²) >= 11 is 0. The van der Waals surface area contributed by atoms with Crippen molar-refractivity contribution in [1.82, 2.24) is 10.2 Å². The highest BCUT2D eigenvalue weighted by atomic mass is 16.2. The fraction of sp³-hybridized carbons (Fsp3) is 0.500. The third kappa shape index (κ3) is 6.40. The highest BCUT2D eigenvalue weighted by Crippen LogP contribution is 2.11. The summed E-state index contributed by atoms with van der Waals surface area (Å²) in [5.41, 5.74) is 0.744. The van der Waals surface area contributed by atoms with Gasteiger partial charge >= 0.3 is 0 Å². The minimum absolute atomic E-state index is 0.125. The predicted octanol–water partition coefficient (Wildman–Crippen LogP) is 1.92. The van der Waals surface area contributed by atoms with Gasteiger partial charge in [0.2, 0.25) is 17.7 Å². The van der Waals surface area contributed by atoms with Crippen LogP contribution < -0.4 is 10.6 Å². The van der Waals surface area contributed by atoms with E-state index < -0.39 is 0 Å². The lowest BCUT2D eigenvalue weighted by molar-refractivity contribution is -0.131. The maximum atomic E-state index is 11.8. The molecule has 1 saturated heterocycles. The maximum absolute atomic E-state index is 11.8. The van der Waals surface area contributed by atoms with Crippen LogP contribution in [0.1, 0.15) is 38.5 Å². The highest BCUT2D eigenvalue weighted by molar-refractivity contribution is 5.91. The van der Waals surface area contributed by atoms with Crippen molar-refractivity contribution in [3.63, 3.8) is 0 Å². The van der Waals surface area contributed by atoms with Gasteiger partial charge in [0.15, 0.2) is 0 Å². The van der Waals surface area contributed by atoms with Crippen molar-refractivity contribution in [2.45, 2.75) is 38.5 Å². The molecule has 1 aliphatic heterocycles. The molecule has 3 amide bonds. The number of nitrogens with zero attached hydrogens (tertiary/aromatic N) is 1. The molecular formula is C18H25N3O3. The fourth-order valence-corrected chi connectivity index (χ4v) is 2.66. The zero-order valence-corrected chi connectivity index (χ0v) is 13.9. The molecule has 0 aromatic heterocycles. The van der Waals surface area contributed by atoms with Gasteiger partial charge in [-0.1, -0.05) is 24.6 Å². The van der Waals surface area contributed by atoms with Gasteiger partial charge in [-0.15, -0.1) is 0 Å². The third-order valence-corrected chi connectivity index (χ3v) is 4.01. The number of carbonyl (C=O) groups is 3. The summed E-state index contributed by atoms with van der Waals surface area (Å²) in [5.74, 6) is -0.119. The van der Waals surface area contributed by atoms with Crippen LogP contribution in [0.5, 0.6) is 0 Å². The molecular weight excluding hydrogens is 306 g/mol. The molecule has 0 atom stereocenters. The second-order valence-corrected chi connectivity index (χ2v) is 5.96. The standard InChI is InChI=1S/C18H25N3O3/c22-16(11-14-21-13-6-2-5-9-18(21)24)19-12-10-17(23)20-15-7-3-1-4-8-15/h1,3-4,7-8H,2,5-6,9-14H2,(H,19,22)(H,20,23). The second kappa shape index (κ2) is 9.70. The van der Waals surface area contributed by atoms with Gasteiger partial charge < -0.3 is 15.5 Å². The summed E-state index contributed by atoms with van der Waals surface area (Å²) in [7, 11) is 0. The zero-order chi connectivity index (χ0) is 17.2. The Bertz CT molecular complexity index is 560. The lowest BCUT2D eigenvalue weighted by atomic mass is 10.2. The molecule has 1 aromatic carbocycles. The number of para-hydroxylation sites is 1. The van der Waals surface area contributed by atoms with E-state index in [0.717, 1.165) is 31.5 Å². The number of anilines is 1. The molecule has 130 valence electrons. The van der Waals surface area contributed by atoms with E-state index in [0.29, 0.717) is 19.5 Å². The van der Waals surface area contributed by atoms with Crippen LogP contribution in [0.2, 0.25) is 0 Å². The van der Waals surface area contributed by atoms with E-state index in [1.54, 1.807) is 4.90 Å². The average molecular weight is 331 g/mol. The minimum atomic E-state index is -0.135. The number of hydrogen-bond donors (Lipinski definition) is 2. The lowest BCUT2D eigenvalue weighted by Crippen LogP contribution is -2.35. The number of rotatable bonds is 7. The Morgan fingerprint density at radius 1 is 1.00 bits per heavy atom. The van der Waals surface area contributed by atoms with E-state index in [1.165, 1.54) is 0 Å². The Morgan fingerprint density at radius 2 is 1.79 bits per heavy atom. The van der Waals surface area contributed by atoms with E-state index in [4.69, 9.17) is 0 Å². The van der Waals surface area contributed by atoms with E-state index in [2.05, 4.69) is 10.6 Å². The van der Waals surface area contributed by atoms with Crippen molar-refractivity contribution in [3.8, 4) is 0 Å². The van der Waals surface area contributed by atoms with Crippen LogP contribution >= 0.6 is 0 Å². The van der Waals surface area contributed by atoms with Gasteiger partial charge in [-0.3, -0.25) is 14.4 Å². The molecule has 6 heteroatoms.